The van der Waals surface area contributed by atoms with Crippen molar-refractivity contribution >= 4 is 33.6 Å². The SMILES string of the molecule is O=C(O)Cn1c2ccccc2c2ccc(OCCCOc3cccc4c3CCCC4=O)cc21. The molecule has 6 nitrogen and oxygen atoms in total. The summed E-state index contributed by atoms with van der Waals surface area (Å²) < 4.78 is 13.7. The molecule has 33 heavy (non-hydrogen) atoms. The van der Waals surface area contributed by atoms with Crippen LogP contribution in [0.15, 0.2) is 60.7 Å². The molecule has 168 valence electrons. The van der Waals surface area contributed by atoms with Crippen LogP contribution in [0, 0.1) is 0 Å². The third-order valence-corrected chi connectivity index (χ3v) is 6.12. The molecule has 1 aliphatic rings. The number of fused-ring (bicyclic) bond motifs is 4. The quantitative estimate of drug-likeness (QED) is 0.377. The van der Waals surface area contributed by atoms with E-state index in [0.29, 0.717) is 31.8 Å². The van der Waals surface area contributed by atoms with Crippen LogP contribution in [0.3, 0.4) is 0 Å². The fourth-order valence-electron chi connectivity index (χ4n) is 4.64. The molecule has 3 aromatic carbocycles. The zero-order valence-electron chi connectivity index (χ0n) is 18.3. The number of carboxylic acids is 1. The molecule has 0 fully saturated rings. The van der Waals surface area contributed by atoms with Gasteiger partial charge in [0.25, 0.3) is 0 Å². The summed E-state index contributed by atoms with van der Waals surface area (Å²) in [5, 5.41) is 11.4. The minimum Gasteiger partial charge on any atom is -0.493 e. The van der Waals surface area contributed by atoms with Gasteiger partial charge in [-0.2, -0.15) is 0 Å². The molecular formula is C27H25NO5. The zero-order valence-corrected chi connectivity index (χ0v) is 18.3. The van der Waals surface area contributed by atoms with Crippen molar-refractivity contribution in [1.29, 1.82) is 0 Å². The van der Waals surface area contributed by atoms with Crippen LogP contribution in [-0.2, 0) is 17.8 Å². The van der Waals surface area contributed by atoms with Gasteiger partial charge in [0.1, 0.15) is 18.0 Å². The van der Waals surface area contributed by atoms with Crippen LogP contribution in [0.2, 0.25) is 0 Å². The second kappa shape index (κ2) is 8.98. The van der Waals surface area contributed by atoms with Crippen molar-refractivity contribution in [3.05, 3.63) is 71.8 Å². The number of carbonyl (C=O) groups is 2. The molecule has 1 heterocycles. The van der Waals surface area contributed by atoms with Gasteiger partial charge >= 0.3 is 5.97 Å². The van der Waals surface area contributed by atoms with Crippen molar-refractivity contribution < 1.29 is 24.2 Å². The van der Waals surface area contributed by atoms with Gasteiger partial charge in [0, 0.05) is 46.3 Å². The number of ketones is 1. The van der Waals surface area contributed by atoms with Gasteiger partial charge < -0.3 is 19.1 Å². The number of carboxylic acid groups (broad SMARTS) is 1. The number of aliphatic carboxylic acids is 1. The van der Waals surface area contributed by atoms with Gasteiger partial charge in [-0.1, -0.05) is 30.3 Å². The first-order valence-corrected chi connectivity index (χ1v) is 11.3. The standard InChI is InChI=1S/C27H25NO5/c29-25-10-3-8-22-21(25)7-4-11-26(22)33-15-5-14-32-18-12-13-20-19-6-1-2-9-23(19)28(17-27(30)31)24(20)16-18/h1-2,4,6-7,9,11-13,16H,3,5,8,10,14-15,17H2,(H,30,31). The molecule has 0 spiro atoms. The molecule has 0 saturated heterocycles. The molecule has 1 N–H and O–H groups in total. The Balaban J connectivity index is 1.25. The average Bonchev–Trinajstić information content (AvgIpc) is 3.12. The van der Waals surface area contributed by atoms with Crippen LogP contribution in [0.25, 0.3) is 21.8 Å². The second-order valence-electron chi connectivity index (χ2n) is 8.29. The highest BCUT2D eigenvalue weighted by molar-refractivity contribution is 6.08. The third kappa shape index (κ3) is 4.16. The molecule has 4 aromatic rings. The predicted octanol–water partition coefficient (Wildman–Crippen LogP) is 5.25. The van der Waals surface area contributed by atoms with Crippen LogP contribution in [-0.4, -0.2) is 34.6 Å². The first-order valence-electron chi connectivity index (χ1n) is 11.3. The molecule has 1 aliphatic carbocycles. The molecule has 0 radical (unpaired) electrons. The van der Waals surface area contributed by atoms with E-state index in [4.69, 9.17) is 9.47 Å². The van der Waals surface area contributed by atoms with Crippen LogP contribution in [0.4, 0.5) is 0 Å². The molecule has 0 saturated carbocycles. The lowest BCUT2D eigenvalue weighted by Crippen LogP contribution is -2.13. The Hall–Kier alpha value is -3.80. The topological polar surface area (TPSA) is 77.8 Å². The number of aromatic nitrogens is 1. The molecule has 0 unspecified atom stereocenters. The van der Waals surface area contributed by atoms with Gasteiger partial charge in [0.2, 0.25) is 0 Å². The number of ether oxygens (including phenoxy) is 2. The van der Waals surface area contributed by atoms with E-state index in [1.54, 1.807) is 0 Å². The minimum atomic E-state index is -0.883. The van der Waals surface area contributed by atoms with Crippen molar-refractivity contribution in [3.8, 4) is 11.5 Å². The Morgan fingerprint density at radius 1 is 0.909 bits per heavy atom. The maximum Gasteiger partial charge on any atom is 0.323 e. The molecule has 1 aromatic heterocycles. The van der Waals surface area contributed by atoms with E-state index >= 15 is 0 Å². The Morgan fingerprint density at radius 3 is 2.61 bits per heavy atom. The fraction of sp³-hybridized carbons (Fsp3) is 0.259. The lowest BCUT2D eigenvalue weighted by atomic mass is 9.90. The van der Waals surface area contributed by atoms with Crippen molar-refractivity contribution in [2.75, 3.05) is 13.2 Å². The first-order chi connectivity index (χ1) is 16.1. The summed E-state index contributed by atoms with van der Waals surface area (Å²) in [4.78, 5) is 23.5. The monoisotopic (exact) mass is 443 g/mol. The van der Waals surface area contributed by atoms with E-state index in [9.17, 15) is 14.7 Å². The Labute approximate surface area is 191 Å². The summed E-state index contributed by atoms with van der Waals surface area (Å²) in [6, 6.07) is 19.3. The van der Waals surface area contributed by atoms with Gasteiger partial charge in [0.05, 0.1) is 18.7 Å². The van der Waals surface area contributed by atoms with Crippen LogP contribution >= 0.6 is 0 Å². The minimum absolute atomic E-state index is 0.106. The summed E-state index contributed by atoms with van der Waals surface area (Å²) >= 11 is 0. The average molecular weight is 443 g/mol. The van der Waals surface area contributed by atoms with Crippen molar-refractivity contribution in [2.24, 2.45) is 0 Å². The van der Waals surface area contributed by atoms with Gasteiger partial charge in [-0.3, -0.25) is 9.59 Å². The maximum atomic E-state index is 12.1. The Kier molecular flexibility index (Phi) is 5.73. The summed E-state index contributed by atoms with van der Waals surface area (Å²) in [6.45, 7) is 0.857. The lowest BCUT2D eigenvalue weighted by Gasteiger charge is -2.18. The van der Waals surface area contributed by atoms with Crippen molar-refractivity contribution in [1.82, 2.24) is 4.57 Å². The number of benzene rings is 3. The first kappa shape index (κ1) is 21.1. The molecular weight excluding hydrogens is 418 g/mol. The number of hydrogen-bond acceptors (Lipinski definition) is 4. The van der Waals surface area contributed by atoms with Gasteiger partial charge in [-0.05, 0) is 37.1 Å². The van der Waals surface area contributed by atoms with E-state index in [-0.39, 0.29) is 12.3 Å². The van der Waals surface area contributed by atoms with E-state index in [1.807, 2.05) is 65.2 Å². The highest BCUT2D eigenvalue weighted by atomic mass is 16.5. The molecule has 6 heteroatoms. The summed E-state index contributed by atoms with van der Waals surface area (Å²) in [5.41, 5.74) is 3.55. The largest absolute Gasteiger partial charge is 0.493 e. The predicted molar refractivity (Wildman–Crippen MR) is 126 cm³/mol. The number of nitrogens with zero attached hydrogens (tertiary/aromatic N) is 1. The lowest BCUT2D eigenvalue weighted by molar-refractivity contribution is -0.137. The number of Topliss-reactive ketones (excluding diaryl/α,β-unsaturated/α-hetero) is 1. The Morgan fingerprint density at radius 2 is 1.73 bits per heavy atom. The van der Waals surface area contributed by atoms with Gasteiger partial charge in [-0.25, -0.2) is 0 Å². The maximum absolute atomic E-state index is 12.1. The molecule has 0 aliphatic heterocycles. The van der Waals surface area contributed by atoms with E-state index < -0.39 is 5.97 Å². The van der Waals surface area contributed by atoms with Gasteiger partial charge in [0.15, 0.2) is 5.78 Å². The highest BCUT2D eigenvalue weighted by Gasteiger charge is 2.20. The fourth-order valence-corrected chi connectivity index (χ4v) is 4.64. The van der Waals surface area contributed by atoms with Crippen molar-refractivity contribution in [3.63, 3.8) is 0 Å². The summed E-state index contributed by atoms with van der Waals surface area (Å²) in [6.07, 6.45) is 3.04. The molecule has 0 bridgehead atoms. The van der Waals surface area contributed by atoms with Crippen molar-refractivity contribution in [2.45, 2.75) is 32.2 Å². The number of rotatable bonds is 8. The highest BCUT2D eigenvalue weighted by Crippen LogP contribution is 2.32. The third-order valence-electron chi connectivity index (χ3n) is 6.12. The smallest absolute Gasteiger partial charge is 0.323 e. The summed E-state index contributed by atoms with van der Waals surface area (Å²) in [5.74, 6) is 0.798. The van der Waals surface area contributed by atoms with Gasteiger partial charge in [-0.15, -0.1) is 0 Å². The normalized spacial score (nSPS) is 13.3. The molecule has 0 amide bonds. The van der Waals surface area contributed by atoms with E-state index in [0.717, 1.165) is 51.5 Å². The summed E-state index contributed by atoms with van der Waals surface area (Å²) in [7, 11) is 0. The molecule has 0 atom stereocenters. The van der Waals surface area contributed by atoms with Crippen LogP contribution in [0.5, 0.6) is 11.5 Å². The van der Waals surface area contributed by atoms with E-state index in [1.165, 1.54) is 0 Å². The van der Waals surface area contributed by atoms with Crippen LogP contribution < -0.4 is 9.47 Å². The molecule has 5 rings (SSSR count). The van der Waals surface area contributed by atoms with E-state index in [2.05, 4.69) is 0 Å². The zero-order chi connectivity index (χ0) is 22.8. The number of para-hydroxylation sites is 1. The number of hydrogen-bond donors (Lipinski definition) is 1. The Bertz CT molecular complexity index is 1350. The second-order valence-corrected chi connectivity index (χ2v) is 8.29. The van der Waals surface area contributed by atoms with Crippen LogP contribution in [0.1, 0.15) is 35.2 Å². The number of carbonyl (C=O) groups excluding carboxylic acids is 1.